The molecule has 2 heterocycles. The van der Waals surface area contributed by atoms with Gasteiger partial charge in [0.25, 0.3) is 0 Å². The number of anilines is 2. The summed E-state index contributed by atoms with van der Waals surface area (Å²) in [6.07, 6.45) is 2.48. The summed E-state index contributed by atoms with van der Waals surface area (Å²) in [7, 11) is 4.14. The van der Waals surface area contributed by atoms with Gasteiger partial charge in [-0.1, -0.05) is 0 Å². The van der Waals surface area contributed by atoms with Crippen molar-refractivity contribution in [1.29, 1.82) is 0 Å². The van der Waals surface area contributed by atoms with Crippen LogP contribution in [-0.4, -0.2) is 54.1 Å². The molecule has 2 fully saturated rings. The number of hydrogen-bond acceptors (Lipinski definition) is 5. The summed E-state index contributed by atoms with van der Waals surface area (Å²) >= 11 is 0. The van der Waals surface area contributed by atoms with Crippen LogP contribution in [0.2, 0.25) is 0 Å². The maximum atomic E-state index is 4.82. The quantitative estimate of drug-likeness (QED) is 0.913. The lowest BCUT2D eigenvalue weighted by molar-refractivity contribution is 0.169. The van der Waals surface area contributed by atoms with Crippen LogP contribution in [0.3, 0.4) is 0 Å². The maximum Gasteiger partial charge on any atom is 0.136 e. The lowest BCUT2D eigenvalue weighted by Gasteiger charge is -2.43. The molecule has 0 aromatic carbocycles. The Morgan fingerprint density at radius 3 is 2.35 bits per heavy atom. The maximum absolute atomic E-state index is 4.82. The molecule has 2 unspecified atom stereocenters. The van der Waals surface area contributed by atoms with Crippen LogP contribution in [0.5, 0.6) is 0 Å². The normalized spacial score (nSPS) is 27.7. The summed E-state index contributed by atoms with van der Waals surface area (Å²) in [4.78, 5) is 14.3. The molecule has 1 aromatic rings. The molecule has 20 heavy (non-hydrogen) atoms. The molecule has 0 amide bonds. The van der Waals surface area contributed by atoms with E-state index in [1.54, 1.807) is 0 Å². The van der Waals surface area contributed by atoms with Gasteiger partial charge in [-0.2, -0.15) is 0 Å². The van der Waals surface area contributed by atoms with Crippen molar-refractivity contribution in [3.8, 4) is 0 Å². The molecule has 2 atom stereocenters. The topological polar surface area (TPSA) is 44.3 Å². The minimum Gasteiger partial charge on any atom is -0.373 e. The molecular formula is C15H25N5. The van der Waals surface area contributed by atoms with Gasteiger partial charge in [-0.25, -0.2) is 9.97 Å². The van der Waals surface area contributed by atoms with E-state index in [1.165, 1.54) is 12.8 Å². The SMILES string of the molecule is CNc1cc(N2CC(C)N(C)C(C)C2)nc(C2CC2)n1. The second-order valence-corrected chi connectivity index (χ2v) is 6.26. The first kappa shape index (κ1) is 13.6. The molecule has 0 spiro atoms. The summed E-state index contributed by atoms with van der Waals surface area (Å²) in [5, 5.41) is 3.17. The van der Waals surface area contributed by atoms with Gasteiger partial charge < -0.3 is 10.2 Å². The third-order valence-corrected chi connectivity index (χ3v) is 4.61. The van der Waals surface area contributed by atoms with Crippen molar-refractivity contribution in [2.24, 2.45) is 0 Å². The van der Waals surface area contributed by atoms with Gasteiger partial charge in [0.1, 0.15) is 17.5 Å². The van der Waals surface area contributed by atoms with Crippen molar-refractivity contribution in [2.45, 2.75) is 44.7 Å². The van der Waals surface area contributed by atoms with Crippen LogP contribution >= 0.6 is 0 Å². The third-order valence-electron chi connectivity index (χ3n) is 4.61. The van der Waals surface area contributed by atoms with Gasteiger partial charge in [0.2, 0.25) is 0 Å². The van der Waals surface area contributed by atoms with E-state index in [0.29, 0.717) is 18.0 Å². The van der Waals surface area contributed by atoms with Crippen molar-refractivity contribution >= 4 is 11.6 Å². The van der Waals surface area contributed by atoms with Crippen molar-refractivity contribution in [3.05, 3.63) is 11.9 Å². The number of aromatic nitrogens is 2. The van der Waals surface area contributed by atoms with Gasteiger partial charge in [-0.05, 0) is 33.7 Å². The first-order valence-corrected chi connectivity index (χ1v) is 7.62. The second kappa shape index (κ2) is 5.20. The van der Waals surface area contributed by atoms with Gasteiger partial charge in [0, 0.05) is 44.2 Å². The van der Waals surface area contributed by atoms with E-state index < -0.39 is 0 Å². The van der Waals surface area contributed by atoms with Crippen LogP contribution in [0.25, 0.3) is 0 Å². The average Bonchev–Trinajstić information content (AvgIpc) is 3.28. The van der Waals surface area contributed by atoms with Gasteiger partial charge in [0.15, 0.2) is 0 Å². The van der Waals surface area contributed by atoms with Crippen LogP contribution in [-0.2, 0) is 0 Å². The highest BCUT2D eigenvalue weighted by Crippen LogP contribution is 2.39. The number of nitrogens with one attached hydrogen (secondary N) is 1. The average molecular weight is 275 g/mol. The number of hydrogen-bond donors (Lipinski definition) is 1. The molecule has 1 aromatic heterocycles. The Kier molecular flexibility index (Phi) is 3.54. The van der Waals surface area contributed by atoms with Crippen molar-refractivity contribution in [3.63, 3.8) is 0 Å². The zero-order valence-corrected chi connectivity index (χ0v) is 12.9. The molecule has 5 nitrogen and oxygen atoms in total. The van der Waals surface area contributed by atoms with E-state index in [0.717, 1.165) is 30.5 Å². The van der Waals surface area contributed by atoms with Crippen LogP contribution in [0.1, 0.15) is 38.4 Å². The predicted molar refractivity (Wildman–Crippen MR) is 82.5 cm³/mol. The summed E-state index contributed by atoms with van der Waals surface area (Å²) < 4.78 is 0. The fourth-order valence-electron chi connectivity index (χ4n) is 2.86. The summed E-state index contributed by atoms with van der Waals surface area (Å²) in [5.74, 6) is 3.63. The number of likely N-dealkylation sites (N-methyl/N-ethyl adjacent to an activating group) is 1. The smallest absolute Gasteiger partial charge is 0.136 e. The third kappa shape index (κ3) is 2.59. The van der Waals surface area contributed by atoms with E-state index in [2.05, 4.69) is 47.1 Å². The summed E-state index contributed by atoms with van der Waals surface area (Å²) in [5.41, 5.74) is 0. The van der Waals surface area contributed by atoms with Crippen molar-refractivity contribution in [1.82, 2.24) is 14.9 Å². The number of nitrogens with zero attached hydrogens (tertiary/aromatic N) is 4. The van der Waals surface area contributed by atoms with Crippen LogP contribution in [0.15, 0.2) is 6.07 Å². The molecule has 3 rings (SSSR count). The van der Waals surface area contributed by atoms with E-state index >= 15 is 0 Å². The Morgan fingerprint density at radius 1 is 1.15 bits per heavy atom. The van der Waals surface area contributed by atoms with Gasteiger partial charge in [0.05, 0.1) is 0 Å². The zero-order chi connectivity index (χ0) is 14.3. The van der Waals surface area contributed by atoms with Crippen LogP contribution in [0, 0.1) is 0 Å². The molecule has 0 bridgehead atoms. The fraction of sp³-hybridized carbons (Fsp3) is 0.733. The molecule has 1 aliphatic carbocycles. The Hall–Kier alpha value is -1.36. The first-order chi connectivity index (χ1) is 9.58. The number of piperazine rings is 1. The Balaban J connectivity index is 1.87. The molecule has 1 saturated carbocycles. The largest absolute Gasteiger partial charge is 0.373 e. The number of rotatable bonds is 3. The second-order valence-electron chi connectivity index (χ2n) is 6.26. The fourth-order valence-corrected chi connectivity index (χ4v) is 2.86. The zero-order valence-electron chi connectivity index (χ0n) is 12.9. The highest BCUT2D eigenvalue weighted by atomic mass is 15.3. The van der Waals surface area contributed by atoms with Gasteiger partial charge >= 0.3 is 0 Å². The minimum atomic E-state index is 0.552. The monoisotopic (exact) mass is 275 g/mol. The highest BCUT2D eigenvalue weighted by molar-refractivity contribution is 5.50. The highest BCUT2D eigenvalue weighted by Gasteiger charge is 2.30. The van der Waals surface area contributed by atoms with Gasteiger partial charge in [-0.15, -0.1) is 0 Å². The molecule has 110 valence electrons. The molecule has 5 heteroatoms. The van der Waals surface area contributed by atoms with E-state index in [1.807, 2.05) is 7.05 Å². The Bertz CT molecular complexity index is 473. The van der Waals surface area contributed by atoms with Crippen LogP contribution < -0.4 is 10.2 Å². The molecule has 1 N–H and O–H groups in total. The van der Waals surface area contributed by atoms with E-state index in [4.69, 9.17) is 4.98 Å². The van der Waals surface area contributed by atoms with E-state index in [9.17, 15) is 0 Å². The molecule has 2 aliphatic rings. The first-order valence-electron chi connectivity index (χ1n) is 7.62. The molecular weight excluding hydrogens is 250 g/mol. The summed E-state index contributed by atoms with van der Waals surface area (Å²) in [6.45, 7) is 6.63. The molecule has 1 aliphatic heterocycles. The standard InChI is InChI=1S/C15H25N5/c1-10-8-20(9-11(2)19(10)4)14-7-13(16-3)17-15(18-14)12-5-6-12/h7,10-12H,5-6,8-9H2,1-4H3,(H,16,17,18). The molecule has 0 radical (unpaired) electrons. The molecule has 1 saturated heterocycles. The predicted octanol–water partition coefficient (Wildman–Crippen LogP) is 1.92. The Labute approximate surface area is 121 Å². The Morgan fingerprint density at radius 2 is 1.80 bits per heavy atom. The van der Waals surface area contributed by atoms with E-state index in [-0.39, 0.29) is 0 Å². The van der Waals surface area contributed by atoms with Gasteiger partial charge in [-0.3, -0.25) is 4.90 Å². The summed E-state index contributed by atoms with van der Waals surface area (Å²) in [6, 6.07) is 3.18. The van der Waals surface area contributed by atoms with Crippen molar-refractivity contribution < 1.29 is 0 Å². The van der Waals surface area contributed by atoms with Crippen molar-refractivity contribution in [2.75, 3.05) is 37.4 Å². The lowest BCUT2D eigenvalue weighted by atomic mass is 10.1. The minimum absolute atomic E-state index is 0.552. The lowest BCUT2D eigenvalue weighted by Crippen LogP contribution is -2.55. The van der Waals surface area contributed by atoms with Crippen LogP contribution in [0.4, 0.5) is 11.6 Å².